The monoisotopic (exact) mass is 180 g/mol. The number of unbranched alkanes of at least 4 members (excludes halogenated alkanes) is 1. The lowest BCUT2D eigenvalue weighted by Crippen LogP contribution is -2.27. The van der Waals surface area contributed by atoms with Crippen molar-refractivity contribution in [2.75, 3.05) is 18.8 Å². The molecule has 0 aromatic rings. The minimum Gasteiger partial charge on any atom is -0.316 e. The predicted molar refractivity (Wildman–Crippen MR) is 45.8 cm³/mol. The Morgan fingerprint density at radius 3 is 2.45 bits per heavy atom. The summed E-state index contributed by atoms with van der Waals surface area (Å²) < 4.78 is 20.8. The molecule has 0 spiro atoms. The normalized spacial score (nSPS) is 11.8. The topological polar surface area (TPSA) is 72.2 Å². The zero-order valence-corrected chi connectivity index (χ0v) is 7.65. The van der Waals surface area contributed by atoms with Crippen molar-refractivity contribution in [2.45, 2.75) is 19.8 Å². The highest BCUT2D eigenvalue weighted by Gasteiger charge is 1.99. The van der Waals surface area contributed by atoms with E-state index in [2.05, 4.69) is 12.2 Å². The summed E-state index contributed by atoms with van der Waals surface area (Å²) in [6.45, 7) is 3.41. The number of nitrogens with one attached hydrogen (secondary N) is 1. The lowest BCUT2D eigenvalue weighted by molar-refractivity contribution is 0.590. The minimum atomic E-state index is -3.27. The summed E-state index contributed by atoms with van der Waals surface area (Å²) in [5, 5.41) is 7.77. The second-order valence-corrected chi connectivity index (χ2v) is 4.20. The molecule has 0 amide bonds. The molecule has 0 aromatic heterocycles. The van der Waals surface area contributed by atoms with Gasteiger partial charge in [-0.05, 0) is 13.0 Å². The van der Waals surface area contributed by atoms with Crippen molar-refractivity contribution >= 4 is 10.0 Å². The van der Waals surface area contributed by atoms with E-state index in [-0.39, 0.29) is 5.75 Å². The molecule has 68 valence electrons. The molecule has 0 aromatic carbocycles. The number of rotatable bonds is 6. The van der Waals surface area contributed by atoms with Gasteiger partial charge in [-0.1, -0.05) is 13.3 Å². The van der Waals surface area contributed by atoms with Crippen LogP contribution in [0.5, 0.6) is 0 Å². The zero-order chi connectivity index (χ0) is 8.74. The quantitative estimate of drug-likeness (QED) is 0.549. The summed E-state index contributed by atoms with van der Waals surface area (Å²) >= 11 is 0. The molecule has 0 saturated heterocycles. The first-order valence-electron chi connectivity index (χ1n) is 3.77. The Balaban J connectivity index is 3.16. The molecule has 0 fully saturated rings. The molecule has 4 nitrogen and oxygen atoms in total. The lowest BCUT2D eigenvalue weighted by Gasteiger charge is -2.00. The van der Waals surface area contributed by atoms with Crippen LogP contribution in [0.4, 0.5) is 0 Å². The lowest BCUT2D eigenvalue weighted by atomic mass is 10.3. The Hall–Kier alpha value is -0.130. The molecule has 0 atom stereocenters. The number of primary sulfonamides is 1. The summed E-state index contributed by atoms with van der Waals surface area (Å²) in [7, 11) is -3.27. The number of hydrogen-bond acceptors (Lipinski definition) is 3. The van der Waals surface area contributed by atoms with Gasteiger partial charge in [0.25, 0.3) is 0 Å². The maximum Gasteiger partial charge on any atom is 0.210 e. The largest absolute Gasteiger partial charge is 0.316 e. The van der Waals surface area contributed by atoms with Crippen molar-refractivity contribution in [1.82, 2.24) is 5.32 Å². The van der Waals surface area contributed by atoms with E-state index in [1.165, 1.54) is 0 Å². The van der Waals surface area contributed by atoms with E-state index in [0.717, 1.165) is 19.4 Å². The molecule has 0 radical (unpaired) electrons. The Labute approximate surface area is 68.2 Å². The van der Waals surface area contributed by atoms with Crippen LogP contribution < -0.4 is 10.5 Å². The summed E-state index contributed by atoms with van der Waals surface area (Å²) in [5.74, 6) is 0.0245. The number of nitrogens with two attached hydrogens (primary N) is 1. The van der Waals surface area contributed by atoms with Crippen LogP contribution in [0, 0.1) is 0 Å². The van der Waals surface area contributed by atoms with Crippen LogP contribution in [-0.2, 0) is 10.0 Å². The molecule has 0 unspecified atom stereocenters. The van der Waals surface area contributed by atoms with Crippen LogP contribution in [0.25, 0.3) is 0 Å². The van der Waals surface area contributed by atoms with Crippen LogP contribution in [0.15, 0.2) is 0 Å². The first-order chi connectivity index (χ1) is 5.06. The number of hydrogen-bond donors (Lipinski definition) is 2. The molecule has 0 saturated carbocycles. The van der Waals surface area contributed by atoms with Gasteiger partial charge < -0.3 is 5.32 Å². The van der Waals surface area contributed by atoms with E-state index in [1.807, 2.05) is 0 Å². The fourth-order valence-corrected chi connectivity index (χ4v) is 1.07. The van der Waals surface area contributed by atoms with Crippen molar-refractivity contribution < 1.29 is 8.42 Å². The first kappa shape index (κ1) is 10.9. The fourth-order valence-electron chi connectivity index (χ4n) is 0.641. The van der Waals surface area contributed by atoms with E-state index in [0.29, 0.717) is 6.54 Å². The second kappa shape index (κ2) is 5.51. The van der Waals surface area contributed by atoms with Crippen molar-refractivity contribution in [1.29, 1.82) is 0 Å². The maximum absolute atomic E-state index is 10.4. The molecular weight excluding hydrogens is 164 g/mol. The Morgan fingerprint density at radius 1 is 1.36 bits per heavy atom. The Bertz CT molecular complexity index is 177. The third-order valence-corrected chi connectivity index (χ3v) is 2.04. The van der Waals surface area contributed by atoms with Crippen LogP contribution in [0.1, 0.15) is 19.8 Å². The van der Waals surface area contributed by atoms with Gasteiger partial charge in [-0.25, -0.2) is 13.6 Å². The molecular formula is C6H16N2O2S. The van der Waals surface area contributed by atoms with E-state index < -0.39 is 10.0 Å². The predicted octanol–water partition coefficient (Wildman–Crippen LogP) is -0.335. The van der Waals surface area contributed by atoms with Crippen molar-refractivity contribution in [3.63, 3.8) is 0 Å². The second-order valence-electron chi connectivity index (χ2n) is 2.47. The first-order valence-corrected chi connectivity index (χ1v) is 5.49. The molecule has 0 heterocycles. The van der Waals surface area contributed by atoms with Crippen LogP contribution >= 0.6 is 0 Å². The molecule has 5 heteroatoms. The highest BCUT2D eigenvalue weighted by Crippen LogP contribution is 1.82. The van der Waals surface area contributed by atoms with E-state index in [4.69, 9.17) is 5.14 Å². The molecule has 0 rings (SSSR count). The van der Waals surface area contributed by atoms with Gasteiger partial charge in [0.1, 0.15) is 0 Å². The molecule has 0 bridgehead atoms. The van der Waals surface area contributed by atoms with E-state index >= 15 is 0 Å². The van der Waals surface area contributed by atoms with Gasteiger partial charge in [0.15, 0.2) is 0 Å². The smallest absolute Gasteiger partial charge is 0.210 e. The van der Waals surface area contributed by atoms with Crippen LogP contribution in [-0.4, -0.2) is 27.3 Å². The third kappa shape index (κ3) is 9.87. The summed E-state index contributed by atoms with van der Waals surface area (Å²) in [6.07, 6.45) is 2.19. The highest BCUT2D eigenvalue weighted by molar-refractivity contribution is 7.89. The molecule has 3 N–H and O–H groups in total. The third-order valence-electron chi connectivity index (χ3n) is 1.27. The van der Waals surface area contributed by atoms with Gasteiger partial charge in [0.05, 0.1) is 5.75 Å². The van der Waals surface area contributed by atoms with Crippen molar-refractivity contribution in [3.8, 4) is 0 Å². The van der Waals surface area contributed by atoms with Crippen LogP contribution in [0.2, 0.25) is 0 Å². The number of sulfonamides is 1. The highest BCUT2D eigenvalue weighted by atomic mass is 32.2. The average molecular weight is 180 g/mol. The average Bonchev–Trinajstić information content (AvgIpc) is 1.85. The Kier molecular flexibility index (Phi) is 5.45. The SMILES string of the molecule is CCCCNCCS(N)(=O)=O. The van der Waals surface area contributed by atoms with Crippen LogP contribution in [0.3, 0.4) is 0 Å². The molecule has 0 aliphatic rings. The van der Waals surface area contributed by atoms with Gasteiger partial charge in [0, 0.05) is 6.54 Å². The molecule has 0 aliphatic carbocycles. The van der Waals surface area contributed by atoms with Gasteiger partial charge in [0.2, 0.25) is 10.0 Å². The van der Waals surface area contributed by atoms with E-state index in [9.17, 15) is 8.42 Å². The summed E-state index contributed by atoms with van der Waals surface area (Å²) in [5.41, 5.74) is 0. The zero-order valence-electron chi connectivity index (χ0n) is 6.84. The van der Waals surface area contributed by atoms with Gasteiger partial charge >= 0.3 is 0 Å². The standard InChI is InChI=1S/C6H16N2O2S/c1-2-3-4-8-5-6-11(7,9)10/h8H,2-6H2,1H3,(H2,7,9,10). The van der Waals surface area contributed by atoms with Gasteiger partial charge in [-0.15, -0.1) is 0 Å². The van der Waals surface area contributed by atoms with Gasteiger partial charge in [-0.2, -0.15) is 0 Å². The van der Waals surface area contributed by atoms with Crippen molar-refractivity contribution in [3.05, 3.63) is 0 Å². The van der Waals surface area contributed by atoms with Crippen molar-refractivity contribution in [2.24, 2.45) is 5.14 Å². The molecule has 0 aliphatic heterocycles. The minimum absolute atomic E-state index is 0.0245. The Morgan fingerprint density at radius 2 is 2.00 bits per heavy atom. The summed E-state index contributed by atoms with van der Waals surface area (Å²) in [4.78, 5) is 0. The fraction of sp³-hybridized carbons (Fsp3) is 1.00. The summed E-state index contributed by atoms with van der Waals surface area (Å²) in [6, 6.07) is 0. The maximum atomic E-state index is 10.4. The molecule has 11 heavy (non-hydrogen) atoms. The van der Waals surface area contributed by atoms with Gasteiger partial charge in [-0.3, -0.25) is 0 Å². The van der Waals surface area contributed by atoms with E-state index in [1.54, 1.807) is 0 Å².